The lowest BCUT2D eigenvalue weighted by atomic mass is 10.3. The van der Waals surface area contributed by atoms with Crippen molar-refractivity contribution in [3.63, 3.8) is 0 Å². The SMILES string of the molecule is Nc1nc(Nc2ccc(S(N)(=O)=O)cc2)nn1-c1nc(Nc2ccccc2)cs1. The second-order valence-corrected chi connectivity index (χ2v) is 8.30. The molecule has 2 aromatic carbocycles. The van der Waals surface area contributed by atoms with Crippen LogP contribution in [0.5, 0.6) is 0 Å². The summed E-state index contributed by atoms with van der Waals surface area (Å²) < 4.78 is 24.1. The van der Waals surface area contributed by atoms with Gasteiger partial charge in [-0.2, -0.15) is 9.67 Å². The monoisotopic (exact) mass is 428 g/mol. The molecule has 0 bridgehead atoms. The molecule has 6 N–H and O–H groups in total. The van der Waals surface area contributed by atoms with Gasteiger partial charge in [0.1, 0.15) is 5.82 Å². The Morgan fingerprint density at radius 3 is 2.31 bits per heavy atom. The molecule has 0 aliphatic carbocycles. The Morgan fingerprint density at radius 2 is 1.62 bits per heavy atom. The summed E-state index contributed by atoms with van der Waals surface area (Å²) in [7, 11) is -3.75. The predicted octanol–water partition coefficient (Wildman–Crippen LogP) is 2.44. The molecular weight excluding hydrogens is 412 g/mol. The van der Waals surface area contributed by atoms with Crippen molar-refractivity contribution in [2.24, 2.45) is 5.14 Å². The van der Waals surface area contributed by atoms with Crippen LogP contribution >= 0.6 is 11.3 Å². The molecule has 2 heterocycles. The van der Waals surface area contributed by atoms with Crippen molar-refractivity contribution in [1.82, 2.24) is 19.7 Å². The van der Waals surface area contributed by atoms with Gasteiger partial charge in [-0.3, -0.25) is 0 Å². The van der Waals surface area contributed by atoms with E-state index in [2.05, 4.69) is 25.7 Å². The molecule has 10 nitrogen and oxygen atoms in total. The van der Waals surface area contributed by atoms with E-state index in [-0.39, 0.29) is 16.8 Å². The van der Waals surface area contributed by atoms with Gasteiger partial charge in [0.2, 0.25) is 27.1 Å². The van der Waals surface area contributed by atoms with Crippen LogP contribution in [0.1, 0.15) is 0 Å². The Balaban J connectivity index is 1.51. The number of rotatable bonds is 6. The smallest absolute Gasteiger partial charge is 0.248 e. The maximum absolute atomic E-state index is 11.3. The molecule has 0 radical (unpaired) electrons. The number of nitrogens with zero attached hydrogens (tertiary/aromatic N) is 4. The molecule has 2 aromatic heterocycles. The van der Waals surface area contributed by atoms with Crippen molar-refractivity contribution in [1.29, 1.82) is 0 Å². The molecule has 0 aliphatic rings. The number of benzene rings is 2. The van der Waals surface area contributed by atoms with Gasteiger partial charge >= 0.3 is 0 Å². The van der Waals surface area contributed by atoms with Crippen molar-refractivity contribution < 1.29 is 8.42 Å². The van der Waals surface area contributed by atoms with Crippen LogP contribution in [-0.2, 0) is 10.0 Å². The summed E-state index contributed by atoms with van der Waals surface area (Å²) in [5.41, 5.74) is 7.47. The number of sulfonamides is 1. The van der Waals surface area contributed by atoms with E-state index in [1.807, 2.05) is 35.7 Å². The van der Waals surface area contributed by atoms with E-state index in [0.717, 1.165) is 5.69 Å². The second-order valence-electron chi connectivity index (χ2n) is 5.91. The topological polar surface area (TPSA) is 154 Å². The number of nitrogens with two attached hydrogens (primary N) is 2. The number of nitrogen functional groups attached to an aromatic ring is 1. The zero-order valence-corrected chi connectivity index (χ0v) is 16.5. The Labute approximate surface area is 170 Å². The first kappa shape index (κ1) is 18.9. The lowest BCUT2D eigenvalue weighted by Gasteiger charge is -2.03. The normalized spacial score (nSPS) is 11.3. The third-order valence-electron chi connectivity index (χ3n) is 3.79. The average molecular weight is 429 g/mol. The minimum Gasteiger partial charge on any atom is -0.368 e. The standard InChI is InChI=1S/C17H16N8O2S2/c18-15-23-16(21-12-6-8-13(9-7-12)29(19,26)27)24-25(15)17-22-14(10-28-17)20-11-4-2-1-3-5-11/h1-10,20H,(H2,19,26,27)(H3,18,21,23,24). The molecule has 0 saturated heterocycles. The zero-order chi connectivity index (χ0) is 20.4. The molecule has 0 amide bonds. The van der Waals surface area contributed by atoms with Crippen LogP contribution in [0.15, 0.2) is 64.9 Å². The Morgan fingerprint density at radius 1 is 0.931 bits per heavy atom. The molecule has 0 spiro atoms. The maximum Gasteiger partial charge on any atom is 0.248 e. The maximum atomic E-state index is 11.3. The van der Waals surface area contributed by atoms with Crippen LogP contribution in [0.25, 0.3) is 5.13 Å². The minimum absolute atomic E-state index is 0.0160. The number of hydrogen-bond donors (Lipinski definition) is 4. The van der Waals surface area contributed by atoms with E-state index in [1.54, 1.807) is 12.1 Å². The summed E-state index contributed by atoms with van der Waals surface area (Å²) >= 11 is 1.36. The fourth-order valence-electron chi connectivity index (χ4n) is 2.46. The summed E-state index contributed by atoms with van der Waals surface area (Å²) in [5, 5.41) is 18.0. The fraction of sp³-hybridized carbons (Fsp3) is 0. The first-order valence-electron chi connectivity index (χ1n) is 8.29. The van der Waals surface area contributed by atoms with Crippen LogP contribution < -0.4 is 21.5 Å². The number of primary sulfonamides is 1. The van der Waals surface area contributed by atoms with Gasteiger partial charge in [-0.05, 0) is 36.4 Å². The highest BCUT2D eigenvalue weighted by Gasteiger charge is 2.13. The van der Waals surface area contributed by atoms with E-state index in [0.29, 0.717) is 16.6 Å². The second kappa shape index (κ2) is 7.50. The van der Waals surface area contributed by atoms with Gasteiger partial charge in [-0.1, -0.05) is 18.2 Å². The number of hydrogen-bond acceptors (Lipinski definition) is 9. The van der Waals surface area contributed by atoms with Crippen LogP contribution in [-0.4, -0.2) is 28.2 Å². The molecule has 0 aliphatic heterocycles. The fourth-order valence-corrected chi connectivity index (χ4v) is 3.69. The van der Waals surface area contributed by atoms with Crippen LogP contribution in [0, 0.1) is 0 Å². The quantitative estimate of drug-likeness (QED) is 0.365. The highest BCUT2D eigenvalue weighted by Crippen LogP contribution is 2.24. The first-order chi connectivity index (χ1) is 13.9. The summed E-state index contributed by atoms with van der Waals surface area (Å²) in [5.74, 6) is 1.08. The largest absolute Gasteiger partial charge is 0.368 e. The molecule has 4 aromatic rings. The number of para-hydroxylation sites is 1. The van der Waals surface area contributed by atoms with Crippen LogP contribution in [0.4, 0.5) is 29.1 Å². The van der Waals surface area contributed by atoms with Crippen molar-refractivity contribution in [3.05, 3.63) is 60.0 Å². The molecule has 0 unspecified atom stereocenters. The number of nitrogens with one attached hydrogen (secondary N) is 2. The van der Waals surface area contributed by atoms with Gasteiger partial charge in [0, 0.05) is 16.8 Å². The Hall–Kier alpha value is -3.48. The van der Waals surface area contributed by atoms with Crippen molar-refractivity contribution >= 4 is 50.4 Å². The van der Waals surface area contributed by atoms with Gasteiger partial charge in [0.25, 0.3) is 0 Å². The lowest BCUT2D eigenvalue weighted by molar-refractivity contribution is 0.598. The first-order valence-corrected chi connectivity index (χ1v) is 10.7. The molecule has 12 heteroatoms. The Kier molecular flexibility index (Phi) is 4.88. The zero-order valence-electron chi connectivity index (χ0n) is 14.9. The summed E-state index contributed by atoms with van der Waals surface area (Å²) in [6, 6.07) is 15.6. The summed E-state index contributed by atoms with van der Waals surface area (Å²) in [4.78, 5) is 8.66. The summed E-state index contributed by atoms with van der Waals surface area (Å²) in [6.07, 6.45) is 0. The van der Waals surface area contributed by atoms with E-state index in [1.165, 1.54) is 28.2 Å². The highest BCUT2D eigenvalue weighted by molar-refractivity contribution is 7.89. The highest BCUT2D eigenvalue weighted by atomic mass is 32.2. The van der Waals surface area contributed by atoms with E-state index in [9.17, 15) is 8.42 Å². The molecule has 0 saturated carbocycles. The van der Waals surface area contributed by atoms with Gasteiger partial charge < -0.3 is 16.4 Å². The molecule has 0 fully saturated rings. The van der Waals surface area contributed by atoms with Crippen LogP contribution in [0.3, 0.4) is 0 Å². The van der Waals surface area contributed by atoms with Gasteiger partial charge in [0.15, 0.2) is 0 Å². The van der Waals surface area contributed by atoms with E-state index in [4.69, 9.17) is 10.9 Å². The van der Waals surface area contributed by atoms with Crippen molar-refractivity contribution in [2.45, 2.75) is 4.90 Å². The van der Waals surface area contributed by atoms with Crippen LogP contribution in [0.2, 0.25) is 0 Å². The molecular formula is C17H16N8O2S2. The number of aromatic nitrogens is 4. The average Bonchev–Trinajstić information content (AvgIpc) is 3.28. The molecule has 0 atom stereocenters. The van der Waals surface area contributed by atoms with Gasteiger partial charge in [-0.15, -0.1) is 16.4 Å². The predicted molar refractivity (Wildman–Crippen MR) is 112 cm³/mol. The third kappa shape index (κ3) is 4.34. The number of anilines is 5. The molecule has 148 valence electrons. The van der Waals surface area contributed by atoms with Gasteiger partial charge in [0.05, 0.1) is 4.90 Å². The van der Waals surface area contributed by atoms with E-state index >= 15 is 0 Å². The summed E-state index contributed by atoms with van der Waals surface area (Å²) in [6.45, 7) is 0. The van der Waals surface area contributed by atoms with Gasteiger partial charge in [-0.25, -0.2) is 18.5 Å². The lowest BCUT2D eigenvalue weighted by Crippen LogP contribution is -2.11. The number of thiazole rings is 1. The molecule has 4 rings (SSSR count). The Bertz CT molecular complexity index is 1230. The third-order valence-corrected chi connectivity index (χ3v) is 5.54. The van der Waals surface area contributed by atoms with Crippen molar-refractivity contribution in [2.75, 3.05) is 16.4 Å². The minimum atomic E-state index is -3.75. The van der Waals surface area contributed by atoms with E-state index < -0.39 is 10.0 Å². The van der Waals surface area contributed by atoms with Crippen molar-refractivity contribution in [3.8, 4) is 5.13 Å². The molecule has 29 heavy (non-hydrogen) atoms.